The summed E-state index contributed by atoms with van der Waals surface area (Å²) in [5.74, 6) is -0.0333. The average molecular weight is 1100 g/mol. The molecule has 0 heterocycles. The van der Waals surface area contributed by atoms with Crippen molar-refractivity contribution in [1.82, 2.24) is 5.32 Å². The highest BCUT2D eigenvalue weighted by molar-refractivity contribution is 5.76. The number of aliphatic hydroxyl groups is 2. The predicted octanol–water partition coefficient (Wildman–Crippen LogP) is 22.7. The van der Waals surface area contributed by atoms with Crippen molar-refractivity contribution in [3.63, 3.8) is 0 Å². The van der Waals surface area contributed by atoms with Crippen LogP contribution in [0.25, 0.3) is 0 Å². The zero-order chi connectivity index (χ0) is 56.4. The Morgan fingerprint density at radius 2 is 0.641 bits per heavy atom. The molecule has 0 saturated carbocycles. The van der Waals surface area contributed by atoms with Gasteiger partial charge in [-0.3, -0.25) is 9.59 Å². The van der Waals surface area contributed by atoms with E-state index in [1.54, 1.807) is 0 Å². The van der Waals surface area contributed by atoms with Crippen LogP contribution in [0.15, 0.2) is 36.5 Å². The highest BCUT2D eigenvalue weighted by Crippen LogP contribution is 2.18. The largest absolute Gasteiger partial charge is 0.466 e. The van der Waals surface area contributed by atoms with Gasteiger partial charge in [-0.25, -0.2) is 0 Å². The molecule has 0 radical (unpaired) electrons. The summed E-state index contributed by atoms with van der Waals surface area (Å²) >= 11 is 0. The van der Waals surface area contributed by atoms with Crippen LogP contribution in [0.4, 0.5) is 0 Å². The molecule has 0 aromatic carbocycles. The van der Waals surface area contributed by atoms with Crippen molar-refractivity contribution in [2.75, 3.05) is 13.2 Å². The number of rotatable bonds is 66. The molecular weight excluding hydrogens is 959 g/mol. The fraction of sp³-hybridized carbons (Fsp3) is 0.889. The molecule has 3 N–H and O–H groups in total. The minimum atomic E-state index is -0.670. The summed E-state index contributed by atoms with van der Waals surface area (Å²) < 4.78 is 5.49. The Morgan fingerprint density at radius 1 is 0.359 bits per heavy atom. The van der Waals surface area contributed by atoms with Crippen molar-refractivity contribution >= 4 is 11.9 Å². The van der Waals surface area contributed by atoms with E-state index in [0.29, 0.717) is 25.9 Å². The number of aliphatic hydroxyl groups excluding tert-OH is 2. The molecular formula is C72H137NO5. The number of carbonyl (C=O) groups is 2. The molecule has 0 aromatic heterocycles. The molecule has 78 heavy (non-hydrogen) atoms. The Labute approximate surface area is 487 Å². The van der Waals surface area contributed by atoms with Crippen molar-refractivity contribution in [3.05, 3.63) is 36.5 Å². The minimum absolute atomic E-state index is 0.00438. The number of nitrogens with one attached hydrogen (secondary N) is 1. The average Bonchev–Trinajstić information content (AvgIpc) is 3.44. The Kier molecular flexibility index (Phi) is 65.9. The van der Waals surface area contributed by atoms with Crippen molar-refractivity contribution in [3.8, 4) is 0 Å². The van der Waals surface area contributed by atoms with Crippen LogP contribution in [0, 0.1) is 0 Å². The Morgan fingerprint density at radius 3 is 1.01 bits per heavy atom. The summed E-state index contributed by atoms with van der Waals surface area (Å²) in [5.41, 5.74) is 0. The Balaban J connectivity index is 3.41. The Bertz CT molecular complexity index is 1260. The number of amides is 1. The van der Waals surface area contributed by atoms with Gasteiger partial charge in [-0.1, -0.05) is 326 Å². The molecule has 0 aromatic rings. The lowest BCUT2D eigenvalue weighted by Crippen LogP contribution is -2.45. The number of hydrogen-bond donors (Lipinski definition) is 3. The first kappa shape index (κ1) is 76.1. The first-order valence-corrected chi connectivity index (χ1v) is 35.2. The molecule has 0 spiro atoms. The second-order valence-corrected chi connectivity index (χ2v) is 24.2. The van der Waals surface area contributed by atoms with Crippen molar-refractivity contribution in [1.29, 1.82) is 0 Å². The van der Waals surface area contributed by atoms with Crippen LogP contribution in [0.1, 0.15) is 386 Å². The van der Waals surface area contributed by atoms with Gasteiger partial charge in [0.2, 0.25) is 5.91 Å². The molecule has 6 heteroatoms. The smallest absolute Gasteiger partial charge is 0.305 e. The third-order valence-electron chi connectivity index (χ3n) is 16.4. The summed E-state index contributed by atoms with van der Waals surface area (Å²) in [4.78, 5) is 24.6. The molecule has 0 bridgehead atoms. The zero-order valence-corrected chi connectivity index (χ0v) is 52.7. The summed E-state index contributed by atoms with van der Waals surface area (Å²) in [6, 6.07) is -0.548. The number of unbranched alkanes of at least 4 members (excludes halogenated alkanes) is 49. The van der Waals surface area contributed by atoms with Gasteiger partial charge in [0, 0.05) is 12.8 Å². The highest BCUT2D eigenvalue weighted by atomic mass is 16.5. The van der Waals surface area contributed by atoms with Gasteiger partial charge < -0.3 is 20.3 Å². The van der Waals surface area contributed by atoms with Gasteiger partial charge in [0.05, 0.1) is 25.4 Å². The molecule has 6 nitrogen and oxygen atoms in total. The van der Waals surface area contributed by atoms with E-state index in [1.165, 1.54) is 302 Å². The van der Waals surface area contributed by atoms with Crippen molar-refractivity contribution in [2.45, 2.75) is 398 Å². The fourth-order valence-corrected chi connectivity index (χ4v) is 11.0. The molecule has 0 aliphatic rings. The van der Waals surface area contributed by atoms with Gasteiger partial charge in [-0.15, -0.1) is 0 Å². The molecule has 2 unspecified atom stereocenters. The van der Waals surface area contributed by atoms with Crippen LogP contribution in [-0.4, -0.2) is 47.4 Å². The van der Waals surface area contributed by atoms with Gasteiger partial charge in [0.15, 0.2) is 0 Å². The van der Waals surface area contributed by atoms with Gasteiger partial charge in [-0.2, -0.15) is 0 Å². The van der Waals surface area contributed by atoms with E-state index < -0.39 is 12.1 Å². The Hall–Kier alpha value is -1.92. The third kappa shape index (κ3) is 63.3. The van der Waals surface area contributed by atoms with Crippen molar-refractivity contribution < 1.29 is 24.5 Å². The maximum absolute atomic E-state index is 12.5. The summed E-state index contributed by atoms with van der Waals surface area (Å²) in [6.45, 7) is 4.95. The molecule has 0 fully saturated rings. The summed E-state index contributed by atoms with van der Waals surface area (Å²) in [5, 5.41) is 23.4. The van der Waals surface area contributed by atoms with Gasteiger partial charge in [0.1, 0.15) is 0 Å². The van der Waals surface area contributed by atoms with Crippen LogP contribution >= 0.6 is 0 Å². The SMILES string of the molecule is CCCCC/C=C\C/C=C\CCCCCCCCCC(=O)OCCCCCCCCCCCCCC/C=C\CCCCCCCCCC(=O)NC(CO)C(O)CCCCCCCCCCCCCCCCCCCCCCC. The topological polar surface area (TPSA) is 95.9 Å². The lowest BCUT2D eigenvalue weighted by Gasteiger charge is -2.22. The lowest BCUT2D eigenvalue weighted by molar-refractivity contribution is -0.143. The number of esters is 1. The number of hydrogen-bond acceptors (Lipinski definition) is 5. The van der Waals surface area contributed by atoms with Crippen molar-refractivity contribution in [2.24, 2.45) is 0 Å². The lowest BCUT2D eigenvalue weighted by atomic mass is 10.0. The summed E-state index contributed by atoms with van der Waals surface area (Å²) in [7, 11) is 0. The van der Waals surface area contributed by atoms with Gasteiger partial charge in [0.25, 0.3) is 0 Å². The first-order valence-electron chi connectivity index (χ1n) is 35.2. The first-order chi connectivity index (χ1) is 38.5. The number of allylic oxidation sites excluding steroid dienone is 6. The molecule has 0 saturated heterocycles. The van der Waals surface area contributed by atoms with Crippen LogP contribution < -0.4 is 5.32 Å². The number of ether oxygens (including phenoxy) is 1. The molecule has 0 aliphatic heterocycles. The maximum atomic E-state index is 12.5. The second kappa shape index (κ2) is 67.6. The molecule has 460 valence electrons. The third-order valence-corrected chi connectivity index (χ3v) is 16.4. The number of carbonyl (C=O) groups excluding carboxylic acids is 2. The normalized spacial score (nSPS) is 12.7. The standard InChI is InChI=1S/C72H137NO5/c1-3-5-7-9-11-13-15-17-19-21-22-26-29-33-36-40-44-48-52-56-60-64-70(75)69(68-74)73-71(76)65-61-57-53-49-45-41-37-34-30-27-24-23-25-28-31-35-39-43-47-51-55-59-63-67-78-72(77)66-62-58-54-50-46-42-38-32-20-18-16-14-12-10-8-6-4-2/h12,14,18,20,27,30,69-70,74-75H,3-11,13,15-17,19,21-26,28-29,31-68H2,1-2H3,(H,73,76)/b14-12-,20-18-,30-27-. The second-order valence-electron chi connectivity index (χ2n) is 24.2. The quantitative estimate of drug-likeness (QED) is 0.0320. The van der Waals surface area contributed by atoms with Crippen LogP contribution in [0.3, 0.4) is 0 Å². The molecule has 1 amide bonds. The van der Waals surface area contributed by atoms with E-state index in [2.05, 4.69) is 55.6 Å². The van der Waals surface area contributed by atoms with E-state index in [9.17, 15) is 19.8 Å². The van der Waals surface area contributed by atoms with E-state index >= 15 is 0 Å². The van der Waals surface area contributed by atoms with E-state index in [4.69, 9.17) is 4.74 Å². The predicted molar refractivity (Wildman–Crippen MR) is 343 cm³/mol. The van der Waals surface area contributed by atoms with E-state index in [-0.39, 0.29) is 18.5 Å². The highest BCUT2D eigenvalue weighted by Gasteiger charge is 2.20. The fourth-order valence-electron chi connectivity index (χ4n) is 11.0. The van der Waals surface area contributed by atoms with Crippen LogP contribution in [0.5, 0.6) is 0 Å². The zero-order valence-electron chi connectivity index (χ0n) is 52.7. The summed E-state index contributed by atoms with van der Waals surface area (Å²) in [6.07, 6.45) is 86.1. The van der Waals surface area contributed by atoms with E-state index in [1.807, 2.05) is 0 Å². The molecule has 0 aliphatic carbocycles. The molecule has 2 atom stereocenters. The van der Waals surface area contributed by atoms with Crippen LogP contribution in [-0.2, 0) is 14.3 Å². The van der Waals surface area contributed by atoms with E-state index in [0.717, 1.165) is 51.4 Å². The van der Waals surface area contributed by atoms with Gasteiger partial charge >= 0.3 is 5.97 Å². The monoisotopic (exact) mass is 1100 g/mol. The van der Waals surface area contributed by atoms with Crippen LogP contribution in [0.2, 0.25) is 0 Å². The molecule has 0 rings (SSSR count). The minimum Gasteiger partial charge on any atom is -0.466 e. The van der Waals surface area contributed by atoms with Gasteiger partial charge in [-0.05, 0) is 83.5 Å². The maximum Gasteiger partial charge on any atom is 0.305 e.